The lowest BCUT2D eigenvalue weighted by atomic mass is 10.2. The van der Waals surface area contributed by atoms with E-state index in [9.17, 15) is 0 Å². The number of terminal acetylenes is 1. The Kier molecular flexibility index (Phi) is 6.48. The number of aromatic nitrogens is 2. The first-order valence-corrected chi connectivity index (χ1v) is 6.48. The fourth-order valence-electron chi connectivity index (χ4n) is 1.99. The smallest absolute Gasteiger partial charge is 0.0644 e. The minimum atomic E-state index is 0.126. The Morgan fingerprint density at radius 1 is 1.39 bits per heavy atom. The molecular weight excluding hydrogens is 226 g/mol. The second kappa shape index (κ2) is 7.91. The Bertz CT molecular complexity index is 404. The molecule has 1 aromatic rings. The van der Waals surface area contributed by atoms with Crippen molar-refractivity contribution in [1.82, 2.24) is 15.1 Å². The normalized spacial score (nSPS) is 10.6. The zero-order valence-corrected chi connectivity index (χ0v) is 11.4. The molecule has 100 valence electrons. The fraction of sp³-hybridized carbons (Fsp3) is 0.643. The molecule has 4 nitrogen and oxygen atoms in total. The zero-order valence-electron chi connectivity index (χ0n) is 11.4. The summed E-state index contributed by atoms with van der Waals surface area (Å²) in [5.74, 6) is 2.65. The lowest BCUT2D eigenvalue weighted by Gasteiger charge is -2.05. The summed E-state index contributed by atoms with van der Waals surface area (Å²) in [5.41, 5.74) is 3.41. The van der Waals surface area contributed by atoms with Crippen LogP contribution < -0.4 is 5.32 Å². The van der Waals surface area contributed by atoms with E-state index >= 15 is 0 Å². The monoisotopic (exact) mass is 249 g/mol. The van der Waals surface area contributed by atoms with Crippen LogP contribution >= 0.6 is 0 Å². The highest BCUT2D eigenvalue weighted by Crippen LogP contribution is 2.12. The minimum Gasteiger partial charge on any atom is -0.394 e. The molecule has 1 heterocycles. The van der Waals surface area contributed by atoms with Gasteiger partial charge in [-0.2, -0.15) is 5.10 Å². The second-order valence-corrected chi connectivity index (χ2v) is 4.43. The summed E-state index contributed by atoms with van der Waals surface area (Å²) in [5, 5.41) is 16.8. The van der Waals surface area contributed by atoms with Gasteiger partial charge in [0.05, 0.1) is 18.8 Å². The van der Waals surface area contributed by atoms with Crippen LogP contribution in [0.4, 0.5) is 0 Å². The van der Waals surface area contributed by atoms with Gasteiger partial charge in [0.25, 0.3) is 0 Å². The summed E-state index contributed by atoms with van der Waals surface area (Å²) < 4.78 is 1.87. The van der Waals surface area contributed by atoms with Crippen molar-refractivity contribution in [2.45, 2.75) is 46.2 Å². The van der Waals surface area contributed by atoms with Gasteiger partial charge in [0.15, 0.2) is 0 Å². The predicted molar refractivity (Wildman–Crippen MR) is 73.2 cm³/mol. The molecule has 0 amide bonds. The number of hydrogen-bond donors (Lipinski definition) is 2. The first-order chi connectivity index (χ1) is 8.70. The Morgan fingerprint density at radius 2 is 2.17 bits per heavy atom. The van der Waals surface area contributed by atoms with E-state index in [4.69, 9.17) is 11.5 Å². The number of aryl methyl sites for hydroxylation is 1. The number of nitrogens with zero attached hydrogens (tertiary/aromatic N) is 2. The molecule has 1 rings (SSSR count). The lowest BCUT2D eigenvalue weighted by molar-refractivity contribution is 0.267. The molecular formula is C14H23N3O. The Hall–Kier alpha value is -1.31. The van der Waals surface area contributed by atoms with Gasteiger partial charge in [-0.25, -0.2) is 0 Å². The third-order valence-electron chi connectivity index (χ3n) is 3.07. The Balaban J connectivity index is 2.40. The highest BCUT2D eigenvalue weighted by molar-refractivity contribution is 5.24. The van der Waals surface area contributed by atoms with E-state index < -0.39 is 0 Å². The van der Waals surface area contributed by atoms with E-state index in [0.29, 0.717) is 6.54 Å². The van der Waals surface area contributed by atoms with Gasteiger partial charge < -0.3 is 10.4 Å². The van der Waals surface area contributed by atoms with E-state index in [-0.39, 0.29) is 6.61 Å². The quantitative estimate of drug-likeness (QED) is 0.540. The molecule has 0 radical (unpaired) electrons. The van der Waals surface area contributed by atoms with Crippen LogP contribution in [-0.4, -0.2) is 28.0 Å². The maximum Gasteiger partial charge on any atom is 0.0644 e. The Labute approximate surface area is 109 Å². The molecule has 0 unspecified atom stereocenters. The molecule has 0 aliphatic heterocycles. The van der Waals surface area contributed by atoms with Crippen LogP contribution in [0, 0.1) is 26.2 Å². The van der Waals surface area contributed by atoms with Crippen molar-refractivity contribution in [2.24, 2.45) is 0 Å². The van der Waals surface area contributed by atoms with Crippen molar-refractivity contribution in [2.75, 3.05) is 13.2 Å². The van der Waals surface area contributed by atoms with Crippen LogP contribution in [0.1, 0.15) is 36.2 Å². The summed E-state index contributed by atoms with van der Waals surface area (Å²) in [4.78, 5) is 0. The van der Waals surface area contributed by atoms with Crippen molar-refractivity contribution in [1.29, 1.82) is 0 Å². The van der Waals surface area contributed by atoms with Gasteiger partial charge in [-0.3, -0.25) is 4.68 Å². The predicted octanol–water partition coefficient (Wildman–Crippen LogP) is 1.39. The summed E-state index contributed by atoms with van der Waals surface area (Å²) >= 11 is 0. The second-order valence-electron chi connectivity index (χ2n) is 4.43. The largest absolute Gasteiger partial charge is 0.394 e. The minimum absolute atomic E-state index is 0.126. The highest BCUT2D eigenvalue weighted by Gasteiger charge is 2.10. The van der Waals surface area contributed by atoms with Crippen LogP contribution in [0.3, 0.4) is 0 Å². The van der Waals surface area contributed by atoms with E-state index in [2.05, 4.69) is 16.3 Å². The highest BCUT2D eigenvalue weighted by atomic mass is 16.3. The van der Waals surface area contributed by atoms with E-state index in [0.717, 1.165) is 43.7 Å². The maximum absolute atomic E-state index is 8.95. The number of nitrogens with one attached hydrogen (secondary N) is 1. The standard InChI is InChI=1S/C14H23N3O/c1-4-5-6-7-8-15-11-14-12(2)16-17(9-10-18)13(14)3/h1,15,18H,5-11H2,2-3H3. The molecule has 0 saturated carbocycles. The molecule has 18 heavy (non-hydrogen) atoms. The fourth-order valence-corrected chi connectivity index (χ4v) is 1.99. The molecule has 0 bridgehead atoms. The van der Waals surface area contributed by atoms with Crippen LogP contribution in [0.25, 0.3) is 0 Å². The van der Waals surface area contributed by atoms with Crippen molar-refractivity contribution >= 4 is 0 Å². The topological polar surface area (TPSA) is 50.1 Å². The van der Waals surface area contributed by atoms with Crippen LogP contribution in [0.2, 0.25) is 0 Å². The molecule has 0 spiro atoms. The first-order valence-electron chi connectivity index (χ1n) is 6.48. The number of unbranched alkanes of at least 4 members (excludes halogenated alkanes) is 2. The van der Waals surface area contributed by atoms with Gasteiger partial charge in [0.2, 0.25) is 0 Å². The van der Waals surface area contributed by atoms with Crippen LogP contribution in [0.5, 0.6) is 0 Å². The van der Waals surface area contributed by atoms with E-state index in [1.807, 2.05) is 18.5 Å². The summed E-state index contributed by atoms with van der Waals surface area (Å²) in [6.45, 7) is 6.56. The molecule has 0 saturated heterocycles. The molecule has 0 atom stereocenters. The van der Waals surface area contributed by atoms with Gasteiger partial charge in [0, 0.05) is 24.2 Å². The average molecular weight is 249 g/mol. The number of hydrogen-bond acceptors (Lipinski definition) is 3. The van der Waals surface area contributed by atoms with Crippen molar-refractivity contribution in [3.63, 3.8) is 0 Å². The molecule has 2 N–H and O–H groups in total. The van der Waals surface area contributed by atoms with Gasteiger partial charge >= 0.3 is 0 Å². The number of aliphatic hydroxyl groups is 1. The summed E-state index contributed by atoms with van der Waals surface area (Å²) in [7, 11) is 0. The van der Waals surface area contributed by atoms with Gasteiger partial charge in [-0.05, 0) is 33.2 Å². The van der Waals surface area contributed by atoms with Gasteiger partial charge in [0.1, 0.15) is 0 Å². The van der Waals surface area contributed by atoms with E-state index in [1.54, 1.807) is 0 Å². The number of aliphatic hydroxyl groups excluding tert-OH is 1. The lowest BCUT2D eigenvalue weighted by Crippen LogP contribution is -2.16. The number of rotatable bonds is 8. The SMILES string of the molecule is C#CCCCCNCc1c(C)nn(CCO)c1C. The van der Waals surface area contributed by atoms with Crippen LogP contribution in [0.15, 0.2) is 0 Å². The maximum atomic E-state index is 8.95. The molecule has 0 aliphatic carbocycles. The third-order valence-corrected chi connectivity index (χ3v) is 3.07. The van der Waals surface area contributed by atoms with Crippen molar-refractivity contribution < 1.29 is 5.11 Å². The summed E-state index contributed by atoms with van der Waals surface area (Å²) in [6.07, 6.45) is 8.24. The van der Waals surface area contributed by atoms with E-state index in [1.165, 1.54) is 5.56 Å². The third kappa shape index (κ3) is 4.17. The molecule has 4 heteroatoms. The van der Waals surface area contributed by atoms with Gasteiger partial charge in [-0.15, -0.1) is 12.3 Å². The molecule has 0 fully saturated rings. The van der Waals surface area contributed by atoms with Crippen molar-refractivity contribution in [3.8, 4) is 12.3 Å². The molecule has 0 aromatic carbocycles. The Morgan fingerprint density at radius 3 is 2.83 bits per heavy atom. The van der Waals surface area contributed by atoms with Crippen molar-refractivity contribution in [3.05, 3.63) is 17.0 Å². The summed E-state index contributed by atoms with van der Waals surface area (Å²) in [6, 6.07) is 0. The molecule has 0 aliphatic rings. The average Bonchev–Trinajstić information content (AvgIpc) is 2.61. The van der Waals surface area contributed by atoms with Crippen LogP contribution in [-0.2, 0) is 13.1 Å². The first kappa shape index (κ1) is 14.7. The zero-order chi connectivity index (χ0) is 13.4. The van der Waals surface area contributed by atoms with Gasteiger partial charge in [-0.1, -0.05) is 0 Å². The molecule has 1 aromatic heterocycles.